The van der Waals surface area contributed by atoms with Crippen molar-refractivity contribution in [1.29, 1.82) is 0 Å². The van der Waals surface area contributed by atoms with Crippen LogP contribution < -0.4 is 5.32 Å². The molecule has 60 valence electrons. The summed E-state index contributed by atoms with van der Waals surface area (Å²) in [6, 6.07) is 2.23. The van der Waals surface area contributed by atoms with Gasteiger partial charge in [0.1, 0.15) is 0 Å². The van der Waals surface area contributed by atoms with Gasteiger partial charge in [-0.05, 0) is 48.7 Å². The molecule has 1 N–H and O–H groups in total. The monoisotopic (exact) mass is 167 g/mol. The van der Waals surface area contributed by atoms with E-state index in [4.69, 9.17) is 0 Å². The zero-order valence-corrected chi connectivity index (χ0v) is 7.58. The van der Waals surface area contributed by atoms with Crippen LogP contribution in [0.4, 0.5) is 0 Å². The summed E-state index contributed by atoms with van der Waals surface area (Å²) in [6.45, 7) is 3.47. The molecule has 2 heteroatoms. The van der Waals surface area contributed by atoms with Crippen LogP contribution in [0, 0.1) is 0 Å². The molecule has 2 rings (SSSR count). The summed E-state index contributed by atoms with van der Waals surface area (Å²) in [5.41, 5.74) is 1.74. The lowest BCUT2D eigenvalue weighted by molar-refractivity contribution is 0.436. The predicted octanol–water partition coefficient (Wildman–Crippen LogP) is 2.35. The summed E-state index contributed by atoms with van der Waals surface area (Å²) in [5, 5.41) is 7.94. The second kappa shape index (κ2) is 2.61. The Kier molecular flexibility index (Phi) is 1.74. The Morgan fingerprint density at radius 2 is 2.55 bits per heavy atom. The quantitative estimate of drug-likeness (QED) is 0.677. The number of hydrogen-bond donors (Lipinski definition) is 1. The third kappa shape index (κ3) is 1.21. The first kappa shape index (κ1) is 7.32. The molecular weight excluding hydrogens is 154 g/mol. The van der Waals surface area contributed by atoms with Crippen LogP contribution in [-0.2, 0) is 5.54 Å². The van der Waals surface area contributed by atoms with E-state index in [-0.39, 0.29) is 5.54 Å². The Bertz CT molecular complexity index is 222. The molecule has 1 aliphatic heterocycles. The molecule has 0 bridgehead atoms. The molecule has 1 aromatic heterocycles. The third-order valence-electron chi connectivity index (χ3n) is 2.53. The lowest BCUT2D eigenvalue weighted by atomic mass is 9.93. The molecular formula is C9H13NS. The van der Waals surface area contributed by atoms with Crippen LogP contribution in [0.2, 0.25) is 0 Å². The van der Waals surface area contributed by atoms with Crippen LogP contribution in [0.3, 0.4) is 0 Å². The van der Waals surface area contributed by atoms with E-state index in [1.165, 1.54) is 24.9 Å². The first-order valence-electron chi connectivity index (χ1n) is 4.09. The highest BCUT2D eigenvalue weighted by Crippen LogP contribution is 2.31. The van der Waals surface area contributed by atoms with Gasteiger partial charge in [-0.25, -0.2) is 0 Å². The van der Waals surface area contributed by atoms with Gasteiger partial charge in [-0.2, -0.15) is 11.3 Å². The summed E-state index contributed by atoms with van der Waals surface area (Å²) in [7, 11) is 0. The fraction of sp³-hybridized carbons (Fsp3) is 0.556. The van der Waals surface area contributed by atoms with Gasteiger partial charge in [0.15, 0.2) is 0 Å². The topological polar surface area (TPSA) is 12.0 Å². The van der Waals surface area contributed by atoms with Crippen molar-refractivity contribution in [3.8, 4) is 0 Å². The first-order chi connectivity index (χ1) is 5.31. The number of nitrogens with one attached hydrogen (secondary N) is 1. The van der Waals surface area contributed by atoms with Gasteiger partial charge in [0, 0.05) is 5.54 Å². The van der Waals surface area contributed by atoms with E-state index >= 15 is 0 Å². The van der Waals surface area contributed by atoms with Gasteiger partial charge in [0.05, 0.1) is 0 Å². The Labute approximate surface area is 71.4 Å². The molecule has 1 nitrogen and oxygen atoms in total. The van der Waals surface area contributed by atoms with Crippen LogP contribution in [0.1, 0.15) is 25.3 Å². The fourth-order valence-corrected chi connectivity index (χ4v) is 2.51. The number of thiophene rings is 1. The van der Waals surface area contributed by atoms with Crippen molar-refractivity contribution in [2.24, 2.45) is 0 Å². The highest BCUT2D eigenvalue weighted by molar-refractivity contribution is 7.08. The fourth-order valence-electron chi connectivity index (χ4n) is 1.72. The van der Waals surface area contributed by atoms with E-state index in [1.807, 2.05) is 0 Å². The molecule has 1 aliphatic rings. The summed E-state index contributed by atoms with van der Waals surface area (Å²) >= 11 is 1.78. The number of rotatable bonds is 1. The minimum Gasteiger partial charge on any atom is -0.308 e. The molecule has 1 saturated heterocycles. The van der Waals surface area contributed by atoms with Gasteiger partial charge < -0.3 is 5.32 Å². The predicted molar refractivity (Wildman–Crippen MR) is 48.9 cm³/mol. The second-order valence-electron chi connectivity index (χ2n) is 3.37. The van der Waals surface area contributed by atoms with Crippen molar-refractivity contribution >= 4 is 11.3 Å². The molecule has 1 aromatic rings. The van der Waals surface area contributed by atoms with E-state index in [0.29, 0.717) is 0 Å². The second-order valence-corrected chi connectivity index (χ2v) is 4.15. The minimum atomic E-state index is 0.278. The normalized spacial score (nSPS) is 31.0. The van der Waals surface area contributed by atoms with Crippen molar-refractivity contribution in [3.05, 3.63) is 22.4 Å². The van der Waals surface area contributed by atoms with E-state index in [2.05, 4.69) is 29.1 Å². The Hall–Kier alpha value is -0.340. The smallest absolute Gasteiger partial charge is 0.0414 e. The molecule has 1 unspecified atom stereocenters. The molecule has 0 radical (unpaired) electrons. The van der Waals surface area contributed by atoms with Crippen molar-refractivity contribution in [2.75, 3.05) is 6.54 Å². The molecule has 0 aromatic carbocycles. The van der Waals surface area contributed by atoms with Crippen LogP contribution in [0.15, 0.2) is 16.8 Å². The van der Waals surface area contributed by atoms with Crippen molar-refractivity contribution < 1.29 is 0 Å². The zero-order valence-electron chi connectivity index (χ0n) is 6.76. The van der Waals surface area contributed by atoms with Gasteiger partial charge in [-0.1, -0.05) is 0 Å². The van der Waals surface area contributed by atoms with Gasteiger partial charge in [0.25, 0.3) is 0 Å². The Morgan fingerprint density at radius 3 is 3.09 bits per heavy atom. The zero-order chi connectivity index (χ0) is 7.73. The maximum atomic E-state index is 3.54. The van der Waals surface area contributed by atoms with Gasteiger partial charge in [0.2, 0.25) is 0 Å². The third-order valence-corrected chi connectivity index (χ3v) is 3.21. The van der Waals surface area contributed by atoms with E-state index < -0.39 is 0 Å². The lowest BCUT2D eigenvalue weighted by Crippen LogP contribution is -2.32. The van der Waals surface area contributed by atoms with Crippen molar-refractivity contribution in [1.82, 2.24) is 5.32 Å². The standard InChI is InChI=1S/C9H13NS/c1-9(4-2-5-10-9)8-3-6-11-7-8/h3,6-7,10H,2,4-5H2,1H3. The average molecular weight is 167 g/mol. The lowest BCUT2D eigenvalue weighted by Gasteiger charge is -2.22. The van der Waals surface area contributed by atoms with Gasteiger partial charge in [-0.15, -0.1) is 0 Å². The van der Waals surface area contributed by atoms with E-state index in [0.717, 1.165) is 0 Å². The first-order valence-corrected chi connectivity index (χ1v) is 5.03. The molecule has 0 amide bonds. The van der Waals surface area contributed by atoms with Crippen LogP contribution >= 0.6 is 11.3 Å². The Morgan fingerprint density at radius 1 is 1.64 bits per heavy atom. The summed E-state index contributed by atoms with van der Waals surface area (Å²) in [6.07, 6.45) is 2.59. The van der Waals surface area contributed by atoms with Crippen molar-refractivity contribution in [2.45, 2.75) is 25.3 Å². The van der Waals surface area contributed by atoms with E-state index in [1.54, 1.807) is 11.3 Å². The van der Waals surface area contributed by atoms with Crippen LogP contribution in [0.5, 0.6) is 0 Å². The van der Waals surface area contributed by atoms with Gasteiger partial charge >= 0.3 is 0 Å². The summed E-state index contributed by atoms with van der Waals surface area (Å²) < 4.78 is 0. The molecule has 1 atom stereocenters. The van der Waals surface area contributed by atoms with Gasteiger partial charge in [-0.3, -0.25) is 0 Å². The highest BCUT2D eigenvalue weighted by Gasteiger charge is 2.29. The molecule has 0 spiro atoms. The van der Waals surface area contributed by atoms with Crippen molar-refractivity contribution in [3.63, 3.8) is 0 Å². The maximum absolute atomic E-state index is 3.54. The maximum Gasteiger partial charge on any atom is 0.0414 e. The summed E-state index contributed by atoms with van der Waals surface area (Å²) in [5.74, 6) is 0. The van der Waals surface area contributed by atoms with Crippen LogP contribution in [0.25, 0.3) is 0 Å². The summed E-state index contributed by atoms with van der Waals surface area (Å²) in [4.78, 5) is 0. The van der Waals surface area contributed by atoms with E-state index in [9.17, 15) is 0 Å². The molecule has 1 fully saturated rings. The largest absolute Gasteiger partial charge is 0.308 e. The SMILES string of the molecule is CC1(c2ccsc2)CCCN1. The average Bonchev–Trinajstić information content (AvgIpc) is 2.55. The van der Waals surface area contributed by atoms with Crippen LogP contribution in [-0.4, -0.2) is 6.54 Å². The Balaban J connectivity index is 2.27. The minimum absolute atomic E-state index is 0.278. The molecule has 2 heterocycles. The number of hydrogen-bond acceptors (Lipinski definition) is 2. The highest BCUT2D eigenvalue weighted by atomic mass is 32.1. The molecule has 0 aliphatic carbocycles. The molecule has 11 heavy (non-hydrogen) atoms. The molecule has 0 saturated carbocycles.